The van der Waals surface area contributed by atoms with Crippen LogP contribution < -0.4 is 10.6 Å². The van der Waals surface area contributed by atoms with Gasteiger partial charge in [0.1, 0.15) is 5.82 Å². The minimum Gasteiger partial charge on any atom is -0.397 e. The fourth-order valence-corrected chi connectivity index (χ4v) is 1.56. The fourth-order valence-electron chi connectivity index (χ4n) is 1.56. The maximum absolute atomic E-state index is 9.81. The number of hydrogen-bond donors (Lipinski definition) is 2. The summed E-state index contributed by atoms with van der Waals surface area (Å²) in [6, 6.07) is 3.74. The maximum atomic E-state index is 9.81. The smallest absolute Gasteiger partial charge is 0.129 e. The Labute approximate surface area is 97.1 Å². The zero-order valence-corrected chi connectivity index (χ0v) is 10.5. The molecular weight excluding hydrogens is 202 g/mol. The minimum absolute atomic E-state index is 0.555. The standard InChI is InChI=1S/C12H21N3O/c1-5-15(8-12(3,4)16)11-7-6-10(13)9(2)14-11/h6-7,16H,5,8,13H2,1-4H3. The van der Waals surface area contributed by atoms with E-state index in [9.17, 15) is 5.11 Å². The largest absolute Gasteiger partial charge is 0.397 e. The molecule has 0 atom stereocenters. The third-order valence-electron chi connectivity index (χ3n) is 2.40. The summed E-state index contributed by atoms with van der Waals surface area (Å²) in [4.78, 5) is 6.45. The zero-order chi connectivity index (χ0) is 12.3. The molecule has 0 fully saturated rings. The molecule has 1 rings (SSSR count). The van der Waals surface area contributed by atoms with Gasteiger partial charge in [0.05, 0.1) is 17.0 Å². The van der Waals surface area contributed by atoms with E-state index in [1.807, 2.05) is 30.9 Å². The highest BCUT2D eigenvalue weighted by molar-refractivity contribution is 5.50. The van der Waals surface area contributed by atoms with Gasteiger partial charge in [-0.1, -0.05) is 0 Å². The van der Waals surface area contributed by atoms with Crippen molar-refractivity contribution in [1.29, 1.82) is 0 Å². The number of likely N-dealkylation sites (N-methyl/N-ethyl adjacent to an activating group) is 1. The molecule has 1 heterocycles. The van der Waals surface area contributed by atoms with E-state index in [-0.39, 0.29) is 0 Å². The number of aliphatic hydroxyl groups is 1. The van der Waals surface area contributed by atoms with Crippen LogP contribution in [0, 0.1) is 6.92 Å². The molecule has 0 aromatic carbocycles. The Morgan fingerprint density at radius 3 is 2.50 bits per heavy atom. The molecule has 3 N–H and O–H groups in total. The second kappa shape index (κ2) is 4.70. The quantitative estimate of drug-likeness (QED) is 0.813. The molecule has 0 aliphatic carbocycles. The lowest BCUT2D eigenvalue weighted by Gasteiger charge is -2.29. The van der Waals surface area contributed by atoms with Gasteiger partial charge in [-0.05, 0) is 39.8 Å². The van der Waals surface area contributed by atoms with Crippen LogP contribution in [0.3, 0.4) is 0 Å². The normalized spacial score (nSPS) is 11.6. The number of rotatable bonds is 4. The first-order valence-electron chi connectivity index (χ1n) is 5.54. The first kappa shape index (κ1) is 12.8. The summed E-state index contributed by atoms with van der Waals surface area (Å²) in [6.45, 7) is 8.87. The molecule has 0 amide bonds. The SMILES string of the molecule is CCN(CC(C)(C)O)c1ccc(N)c(C)n1. The summed E-state index contributed by atoms with van der Waals surface area (Å²) < 4.78 is 0. The van der Waals surface area contributed by atoms with Crippen LogP contribution in [0.4, 0.5) is 11.5 Å². The number of pyridine rings is 1. The van der Waals surface area contributed by atoms with E-state index in [0.717, 1.165) is 18.1 Å². The lowest BCUT2D eigenvalue weighted by molar-refractivity contribution is 0.0874. The zero-order valence-electron chi connectivity index (χ0n) is 10.5. The number of nitrogens with two attached hydrogens (primary N) is 1. The number of nitrogen functional groups attached to an aromatic ring is 1. The van der Waals surface area contributed by atoms with Gasteiger partial charge < -0.3 is 15.7 Å². The average molecular weight is 223 g/mol. The van der Waals surface area contributed by atoms with Gasteiger partial charge >= 0.3 is 0 Å². The molecule has 0 radical (unpaired) electrons. The van der Waals surface area contributed by atoms with Gasteiger partial charge in [-0.2, -0.15) is 0 Å². The van der Waals surface area contributed by atoms with Crippen molar-refractivity contribution in [3.63, 3.8) is 0 Å². The van der Waals surface area contributed by atoms with Crippen LogP contribution in [-0.2, 0) is 0 Å². The molecule has 90 valence electrons. The van der Waals surface area contributed by atoms with E-state index in [1.165, 1.54) is 0 Å². The third-order valence-corrected chi connectivity index (χ3v) is 2.40. The van der Waals surface area contributed by atoms with Crippen molar-refractivity contribution >= 4 is 11.5 Å². The molecule has 1 aromatic heterocycles. The maximum Gasteiger partial charge on any atom is 0.129 e. The second-order valence-corrected chi connectivity index (χ2v) is 4.67. The monoisotopic (exact) mass is 223 g/mol. The van der Waals surface area contributed by atoms with Crippen molar-refractivity contribution in [3.05, 3.63) is 17.8 Å². The number of hydrogen-bond acceptors (Lipinski definition) is 4. The topological polar surface area (TPSA) is 62.4 Å². The van der Waals surface area contributed by atoms with Gasteiger partial charge in [0.25, 0.3) is 0 Å². The van der Waals surface area contributed by atoms with Crippen molar-refractivity contribution in [2.45, 2.75) is 33.3 Å². The Balaban J connectivity index is 2.91. The fraction of sp³-hybridized carbons (Fsp3) is 0.583. The van der Waals surface area contributed by atoms with Gasteiger partial charge in [0.15, 0.2) is 0 Å². The number of nitrogens with zero attached hydrogens (tertiary/aromatic N) is 2. The van der Waals surface area contributed by atoms with Gasteiger partial charge in [-0.15, -0.1) is 0 Å². The predicted molar refractivity (Wildman–Crippen MR) is 67.6 cm³/mol. The summed E-state index contributed by atoms with van der Waals surface area (Å²) in [6.07, 6.45) is 0. The second-order valence-electron chi connectivity index (χ2n) is 4.67. The molecular formula is C12H21N3O. The number of aromatic nitrogens is 1. The molecule has 0 saturated carbocycles. The molecule has 4 heteroatoms. The van der Waals surface area contributed by atoms with Crippen molar-refractivity contribution in [2.24, 2.45) is 0 Å². The number of aryl methyl sites for hydroxylation is 1. The highest BCUT2D eigenvalue weighted by Crippen LogP contribution is 2.18. The minimum atomic E-state index is -0.729. The molecule has 0 aliphatic rings. The third kappa shape index (κ3) is 3.38. The molecule has 0 bridgehead atoms. The van der Waals surface area contributed by atoms with Crippen molar-refractivity contribution in [1.82, 2.24) is 4.98 Å². The van der Waals surface area contributed by atoms with Gasteiger partial charge in [0, 0.05) is 13.1 Å². The molecule has 0 unspecified atom stereocenters. The van der Waals surface area contributed by atoms with Crippen molar-refractivity contribution in [3.8, 4) is 0 Å². The summed E-state index contributed by atoms with van der Waals surface area (Å²) >= 11 is 0. The van der Waals surface area contributed by atoms with Gasteiger partial charge in [-0.25, -0.2) is 4.98 Å². The van der Waals surface area contributed by atoms with Crippen LogP contribution >= 0.6 is 0 Å². The molecule has 0 spiro atoms. The summed E-state index contributed by atoms with van der Waals surface area (Å²) in [7, 11) is 0. The summed E-state index contributed by atoms with van der Waals surface area (Å²) in [5.74, 6) is 0.858. The van der Waals surface area contributed by atoms with E-state index in [0.29, 0.717) is 12.2 Å². The summed E-state index contributed by atoms with van der Waals surface area (Å²) in [5.41, 5.74) is 6.52. The number of anilines is 2. The van der Waals surface area contributed by atoms with E-state index >= 15 is 0 Å². The first-order chi connectivity index (χ1) is 7.33. The Morgan fingerprint density at radius 1 is 1.44 bits per heavy atom. The van der Waals surface area contributed by atoms with E-state index in [4.69, 9.17) is 5.73 Å². The van der Waals surface area contributed by atoms with Gasteiger partial charge in [-0.3, -0.25) is 0 Å². The van der Waals surface area contributed by atoms with Crippen LogP contribution in [-0.4, -0.2) is 28.8 Å². The van der Waals surface area contributed by atoms with Crippen molar-refractivity contribution in [2.75, 3.05) is 23.7 Å². The Kier molecular flexibility index (Phi) is 3.75. The highest BCUT2D eigenvalue weighted by Gasteiger charge is 2.18. The predicted octanol–water partition coefficient (Wildman–Crippen LogP) is 1.57. The van der Waals surface area contributed by atoms with Crippen LogP contribution in [0.2, 0.25) is 0 Å². The molecule has 16 heavy (non-hydrogen) atoms. The lowest BCUT2D eigenvalue weighted by Crippen LogP contribution is -2.39. The van der Waals surface area contributed by atoms with Crippen LogP contribution in [0.1, 0.15) is 26.5 Å². The van der Waals surface area contributed by atoms with Crippen LogP contribution in [0.25, 0.3) is 0 Å². The van der Waals surface area contributed by atoms with E-state index in [1.54, 1.807) is 13.8 Å². The Hall–Kier alpha value is -1.29. The molecule has 4 nitrogen and oxygen atoms in total. The average Bonchev–Trinajstić information content (AvgIpc) is 2.17. The van der Waals surface area contributed by atoms with Crippen molar-refractivity contribution < 1.29 is 5.11 Å². The van der Waals surface area contributed by atoms with E-state index in [2.05, 4.69) is 4.98 Å². The van der Waals surface area contributed by atoms with Gasteiger partial charge in [0.2, 0.25) is 0 Å². The molecule has 1 aromatic rings. The Bertz CT molecular complexity index is 358. The first-order valence-corrected chi connectivity index (χ1v) is 5.54. The van der Waals surface area contributed by atoms with Crippen LogP contribution in [0.5, 0.6) is 0 Å². The Morgan fingerprint density at radius 2 is 2.06 bits per heavy atom. The molecule has 0 saturated heterocycles. The lowest BCUT2D eigenvalue weighted by atomic mass is 10.1. The highest BCUT2D eigenvalue weighted by atomic mass is 16.3. The molecule has 0 aliphatic heterocycles. The van der Waals surface area contributed by atoms with Crippen LogP contribution in [0.15, 0.2) is 12.1 Å². The van der Waals surface area contributed by atoms with E-state index < -0.39 is 5.60 Å². The summed E-state index contributed by atoms with van der Waals surface area (Å²) in [5, 5.41) is 9.81.